The van der Waals surface area contributed by atoms with Crippen LogP contribution in [-0.2, 0) is 16.0 Å². The molecule has 0 heterocycles. The number of rotatable bonds is 5. The van der Waals surface area contributed by atoms with Gasteiger partial charge in [-0.15, -0.1) is 0 Å². The molecular weight excluding hydrogens is 270 g/mol. The summed E-state index contributed by atoms with van der Waals surface area (Å²) in [7, 11) is 1.51. The first kappa shape index (κ1) is 13.2. The van der Waals surface area contributed by atoms with Crippen molar-refractivity contribution in [3.63, 3.8) is 0 Å². The molecule has 1 amide bonds. The lowest BCUT2D eigenvalue weighted by molar-refractivity contribution is -0.125. The Morgan fingerprint density at radius 1 is 1.44 bits per heavy atom. The number of hydrogen-bond acceptors (Lipinski definition) is 2. The van der Waals surface area contributed by atoms with E-state index in [0.29, 0.717) is 0 Å². The zero-order chi connectivity index (χ0) is 12.0. The fourth-order valence-corrected chi connectivity index (χ4v) is 1.74. The molecule has 0 fully saturated rings. The number of carbonyl (C=O) groups excluding carboxylic acids is 1. The predicted octanol–water partition coefficient (Wildman–Crippen LogP) is 2.14. The summed E-state index contributed by atoms with van der Waals surface area (Å²) in [4.78, 5) is 11.3. The molecule has 1 rings (SSSR count). The van der Waals surface area contributed by atoms with E-state index in [4.69, 9.17) is 4.74 Å². The van der Waals surface area contributed by atoms with Gasteiger partial charge in [0.1, 0.15) is 6.61 Å². The van der Waals surface area contributed by atoms with Crippen LogP contribution in [-0.4, -0.2) is 25.7 Å². The monoisotopic (exact) mass is 285 g/mol. The third-order valence-electron chi connectivity index (χ3n) is 2.14. The van der Waals surface area contributed by atoms with Crippen molar-refractivity contribution in [2.75, 3.05) is 13.7 Å². The van der Waals surface area contributed by atoms with E-state index in [-0.39, 0.29) is 18.6 Å². The van der Waals surface area contributed by atoms with Crippen molar-refractivity contribution in [2.24, 2.45) is 0 Å². The van der Waals surface area contributed by atoms with Gasteiger partial charge in [0.2, 0.25) is 5.91 Å². The van der Waals surface area contributed by atoms with Crippen molar-refractivity contribution in [1.82, 2.24) is 5.32 Å². The molecule has 0 radical (unpaired) electrons. The van der Waals surface area contributed by atoms with E-state index in [2.05, 4.69) is 21.2 Å². The van der Waals surface area contributed by atoms with Gasteiger partial charge < -0.3 is 10.1 Å². The first-order valence-corrected chi connectivity index (χ1v) is 5.94. The van der Waals surface area contributed by atoms with Crippen LogP contribution in [0.1, 0.15) is 12.5 Å². The summed E-state index contributed by atoms with van der Waals surface area (Å²) < 4.78 is 5.81. The van der Waals surface area contributed by atoms with Crippen LogP contribution in [0.3, 0.4) is 0 Å². The van der Waals surface area contributed by atoms with Gasteiger partial charge in [-0.2, -0.15) is 0 Å². The van der Waals surface area contributed by atoms with Gasteiger partial charge in [-0.05, 0) is 31.0 Å². The fraction of sp³-hybridized carbons (Fsp3) is 0.417. The van der Waals surface area contributed by atoms with E-state index >= 15 is 0 Å². The van der Waals surface area contributed by atoms with Gasteiger partial charge in [-0.25, -0.2) is 0 Å². The average Bonchev–Trinajstić information content (AvgIpc) is 2.21. The van der Waals surface area contributed by atoms with Gasteiger partial charge in [-0.3, -0.25) is 4.79 Å². The van der Waals surface area contributed by atoms with Crippen LogP contribution in [0.5, 0.6) is 0 Å². The molecule has 0 unspecified atom stereocenters. The van der Waals surface area contributed by atoms with Gasteiger partial charge in [0.05, 0.1) is 0 Å². The Bertz CT molecular complexity index is 337. The lowest BCUT2D eigenvalue weighted by Crippen LogP contribution is -2.36. The highest BCUT2D eigenvalue weighted by Crippen LogP contribution is 2.11. The summed E-state index contributed by atoms with van der Waals surface area (Å²) in [5.41, 5.74) is 1.20. The fourth-order valence-electron chi connectivity index (χ4n) is 1.47. The van der Waals surface area contributed by atoms with Crippen molar-refractivity contribution in [2.45, 2.75) is 19.4 Å². The number of carbonyl (C=O) groups is 1. The number of benzene rings is 1. The molecule has 3 nitrogen and oxygen atoms in total. The first-order valence-electron chi connectivity index (χ1n) is 5.14. The molecule has 0 saturated carbocycles. The Kier molecular flexibility index (Phi) is 5.49. The van der Waals surface area contributed by atoms with E-state index in [9.17, 15) is 4.79 Å². The molecule has 0 aliphatic heterocycles. The summed E-state index contributed by atoms with van der Waals surface area (Å²) >= 11 is 3.39. The molecule has 0 bridgehead atoms. The van der Waals surface area contributed by atoms with Crippen molar-refractivity contribution in [3.8, 4) is 0 Å². The molecule has 1 atom stereocenters. The minimum atomic E-state index is -0.0767. The highest BCUT2D eigenvalue weighted by Gasteiger charge is 2.07. The van der Waals surface area contributed by atoms with E-state index < -0.39 is 0 Å². The third kappa shape index (κ3) is 4.77. The molecule has 0 aliphatic carbocycles. The number of halogens is 1. The quantitative estimate of drug-likeness (QED) is 0.900. The van der Waals surface area contributed by atoms with Crippen LogP contribution in [0, 0.1) is 0 Å². The molecule has 88 valence electrons. The highest BCUT2D eigenvalue weighted by atomic mass is 79.9. The van der Waals surface area contributed by atoms with Gasteiger partial charge in [0.25, 0.3) is 0 Å². The molecule has 1 N–H and O–H groups in total. The number of hydrogen-bond donors (Lipinski definition) is 1. The Labute approximate surface area is 104 Å². The lowest BCUT2D eigenvalue weighted by atomic mass is 10.1. The Morgan fingerprint density at radius 3 is 2.62 bits per heavy atom. The normalized spacial score (nSPS) is 12.2. The summed E-state index contributed by atoms with van der Waals surface area (Å²) in [6.07, 6.45) is 0.822. The van der Waals surface area contributed by atoms with Crippen molar-refractivity contribution < 1.29 is 9.53 Å². The second-order valence-corrected chi connectivity index (χ2v) is 4.65. The van der Waals surface area contributed by atoms with E-state index in [1.807, 2.05) is 31.2 Å². The summed E-state index contributed by atoms with van der Waals surface area (Å²) in [6, 6.07) is 8.20. The topological polar surface area (TPSA) is 38.3 Å². The molecule has 0 aliphatic rings. The van der Waals surface area contributed by atoms with Gasteiger partial charge in [-0.1, -0.05) is 28.1 Å². The highest BCUT2D eigenvalue weighted by molar-refractivity contribution is 9.10. The lowest BCUT2D eigenvalue weighted by Gasteiger charge is -2.13. The summed E-state index contributed by atoms with van der Waals surface area (Å²) in [6.45, 7) is 2.10. The van der Waals surface area contributed by atoms with Crippen LogP contribution in [0.25, 0.3) is 0 Å². The second kappa shape index (κ2) is 6.66. The van der Waals surface area contributed by atoms with Crippen LogP contribution < -0.4 is 5.32 Å². The van der Waals surface area contributed by atoms with E-state index in [0.717, 1.165) is 10.9 Å². The maximum Gasteiger partial charge on any atom is 0.246 e. The van der Waals surface area contributed by atoms with Crippen molar-refractivity contribution >= 4 is 21.8 Å². The van der Waals surface area contributed by atoms with Crippen LogP contribution >= 0.6 is 15.9 Å². The number of amides is 1. The van der Waals surface area contributed by atoms with Crippen LogP contribution in [0.15, 0.2) is 28.7 Å². The Morgan fingerprint density at radius 2 is 2.06 bits per heavy atom. The minimum Gasteiger partial charge on any atom is -0.375 e. The molecule has 0 spiro atoms. The van der Waals surface area contributed by atoms with Crippen molar-refractivity contribution in [3.05, 3.63) is 34.3 Å². The molecule has 0 saturated heterocycles. The van der Waals surface area contributed by atoms with Gasteiger partial charge in [0, 0.05) is 17.6 Å². The average molecular weight is 286 g/mol. The Balaban J connectivity index is 2.42. The molecule has 0 aromatic heterocycles. The molecule has 1 aromatic carbocycles. The predicted molar refractivity (Wildman–Crippen MR) is 67.3 cm³/mol. The maximum absolute atomic E-state index is 11.3. The standard InChI is InChI=1S/C12H16BrNO2/c1-9(14-12(15)8-16-2)7-10-3-5-11(13)6-4-10/h3-6,9H,7-8H2,1-2H3,(H,14,15)/t9-/m1/s1. The molecular formula is C12H16BrNO2. The Hall–Kier alpha value is -0.870. The number of nitrogens with one attached hydrogen (secondary N) is 1. The zero-order valence-electron chi connectivity index (χ0n) is 9.50. The zero-order valence-corrected chi connectivity index (χ0v) is 11.1. The largest absolute Gasteiger partial charge is 0.375 e. The third-order valence-corrected chi connectivity index (χ3v) is 2.67. The smallest absolute Gasteiger partial charge is 0.246 e. The molecule has 16 heavy (non-hydrogen) atoms. The van der Waals surface area contributed by atoms with E-state index in [1.165, 1.54) is 12.7 Å². The van der Waals surface area contributed by atoms with Crippen LogP contribution in [0.4, 0.5) is 0 Å². The van der Waals surface area contributed by atoms with E-state index in [1.54, 1.807) is 0 Å². The van der Waals surface area contributed by atoms with Crippen LogP contribution in [0.2, 0.25) is 0 Å². The SMILES string of the molecule is COCC(=O)N[C@H](C)Cc1ccc(Br)cc1. The van der Waals surface area contributed by atoms with Gasteiger partial charge in [0.15, 0.2) is 0 Å². The minimum absolute atomic E-state index is 0.0767. The second-order valence-electron chi connectivity index (χ2n) is 3.73. The summed E-state index contributed by atoms with van der Waals surface area (Å²) in [5.74, 6) is -0.0767. The first-order chi connectivity index (χ1) is 7.61. The summed E-state index contributed by atoms with van der Waals surface area (Å²) in [5, 5.41) is 2.87. The molecule has 4 heteroatoms. The number of ether oxygens (including phenoxy) is 1. The van der Waals surface area contributed by atoms with Gasteiger partial charge >= 0.3 is 0 Å². The number of methoxy groups -OCH3 is 1. The molecule has 1 aromatic rings. The van der Waals surface area contributed by atoms with Crippen molar-refractivity contribution in [1.29, 1.82) is 0 Å². The maximum atomic E-state index is 11.3.